The lowest BCUT2D eigenvalue weighted by atomic mass is 10.1. The van der Waals surface area contributed by atoms with Gasteiger partial charge in [-0.05, 0) is 33.6 Å². The van der Waals surface area contributed by atoms with Crippen LogP contribution in [-0.2, 0) is 11.2 Å². The van der Waals surface area contributed by atoms with E-state index >= 15 is 0 Å². The molecule has 1 aromatic rings. The van der Waals surface area contributed by atoms with Gasteiger partial charge in [0.2, 0.25) is 0 Å². The van der Waals surface area contributed by atoms with E-state index in [-0.39, 0.29) is 6.09 Å². The number of aromatic amines is 1. The van der Waals surface area contributed by atoms with Gasteiger partial charge in [-0.15, -0.1) is 0 Å². The first-order chi connectivity index (χ1) is 8.97. The average Bonchev–Trinajstić information content (AvgIpc) is 2.78. The summed E-state index contributed by atoms with van der Waals surface area (Å²) >= 11 is 0. The molecule has 0 atom stereocenters. The van der Waals surface area contributed by atoms with Crippen molar-refractivity contribution in [1.82, 2.24) is 15.3 Å². The van der Waals surface area contributed by atoms with E-state index in [4.69, 9.17) is 4.74 Å². The third-order valence-corrected chi connectivity index (χ3v) is 2.56. The number of nitrogens with zero attached hydrogens (tertiary/aromatic N) is 1. The Bertz CT molecular complexity index is 355. The highest BCUT2D eigenvalue weighted by Gasteiger charge is 2.15. The number of imidazole rings is 1. The zero-order valence-electron chi connectivity index (χ0n) is 12.2. The first-order valence-corrected chi connectivity index (χ1v) is 6.92. The zero-order chi connectivity index (χ0) is 14.1. The quantitative estimate of drug-likeness (QED) is 0.746. The summed E-state index contributed by atoms with van der Waals surface area (Å²) < 4.78 is 5.15. The lowest BCUT2D eigenvalue weighted by Gasteiger charge is -2.19. The minimum Gasteiger partial charge on any atom is -0.444 e. The standard InChI is InChI=1S/C14H25N3O2/c1-14(2,3)19-13(18)17-9-7-5-4-6-8-12-15-10-11-16-12/h10-11H,4-9H2,1-3H3,(H,15,16)(H,17,18). The molecule has 0 bridgehead atoms. The summed E-state index contributed by atoms with van der Waals surface area (Å²) in [7, 11) is 0. The number of hydrogen-bond acceptors (Lipinski definition) is 3. The predicted octanol–water partition coefficient (Wildman–Crippen LogP) is 3.04. The first kappa shape index (κ1) is 15.5. The Labute approximate surface area is 115 Å². The van der Waals surface area contributed by atoms with Gasteiger partial charge in [-0.3, -0.25) is 0 Å². The van der Waals surface area contributed by atoms with Gasteiger partial charge in [0.15, 0.2) is 0 Å². The van der Waals surface area contributed by atoms with Gasteiger partial charge < -0.3 is 15.0 Å². The SMILES string of the molecule is CC(C)(C)OC(=O)NCCCCCCc1ncc[nH]1. The number of ether oxygens (including phenoxy) is 1. The Balaban J connectivity index is 1.92. The van der Waals surface area contributed by atoms with Crippen molar-refractivity contribution in [1.29, 1.82) is 0 Å². The van der Waals surface area contributed by atoms with Gasteiger partial charge in [-0.2, -0.15) is 0 Å². The van der Waals surface area contributed by atoms with E-state index in [1.807, 2.05) is 27.0 Å². The number of rotatable bonds is 7. The van der Waals surface area contributed by atoms with E-state index in [1.165, 1.54) is 0 Å². The molecule has 0 spiro atoms. The smallest absolute Gasteiger partial charge is 0.407 e. The number of amides is 1. The van der Waals surface area contributed by atoms with Crippen molar-refractivity contribution >= 4 is 6.09 Å². The van der Waals surface area contributed by atoms with Crippen LogP contribution < -0.4 is 5.32 Å². The molecule has 0 unspecified atom stereocenters. The van der Waals surface area contributed by atoms with Gasteiger partial charge in [0.05, 0.1) is 0 Å². The van der Waals surface area contributed by atoms with Crippen LogP contribution in [0, 0.1) is 0 Å². The van der Waals surface area contributed by atoms with Crippen molar-refractivity contribution in [2.45, 2.75) is 58.5 Å². The molecule has 0 aliphatic carbocycles. The molecule has 108 valence electrons. The molecule has 0 fully saturated rings. The Morgan fingerprint density at radius 3 is 2.68 bits per heavy atom. The van der Waals surface area contributed by atoms with E-state index in [1.54, 1.807) is 6.20 Å². The second-order valence-corrected chi connectivity index (χ2v) is 5.63. The summed E-state index contributed by atoms with van der Waals surface area (Å²) in [4.78, 5) is 18.6. The highest BCUT2D eigenvalue weighted by atomic mass is 16.6. The maximum absolute atomic E-state index is 11.4. The summed E-state index contributed by atoms with van der Waals surface area (Å²) in [5.41, 5.74) is -0.423. The predicted molar refractivity (Wildman–Crippen MR) is 75.0 cm³/mol. The van der Waals surface area contributed by atoms with Gasteiger partial charge in [-0.25, -0.2) is 9.78 Å². The summed E-state index contributed by atoms with van der Waals surface area (Å²) in [6.45, 7) is 6.26. The molecule has 0 aromatic carbocycles. The third-order valence-electron chi connectivity index (χ3n) is 2.56. The Morgan fingerprint density at radius 2 is 2.05 bits per heavy atom. The maximum Gasteiger partial charge on any atom is 0.407 e. The molecule has 1 amide bonds. The first-order valence-electron chi connectivity index (χ1n) is 6.92. The topological polar surface area (TPSA) is 67.0 Å². The molecule has 1 aromatic heterocycles. The molecule has 0 saturated carbocycles. The van der Waals surface area contributed by atoms with Crippen LogP contribution in [0.15, 0.2) is 12.4 Å². The third kappa shape index (κ3) is 8.24. The minimum atomic E-state index is -0.423. The normalized spacial score (nSPS) is 11.3. The van der Waals surface area contributed by atoms with E-state index in [0.29, 0.717) is 6.54 Å². The Kier molecular flexibility index (Phi) is 6.39. The number of aromatic nitrogens is 2. The molecular formula is C14H25N3O2. The Hall–Kier alpha value is -1.52. The largest absolute Gasteiger partial charge is 0.444 e. The van der Waals surface area contributed by atoms with Gasteiger partial charge in [0.25, 0.3) is 0 Å². The number of carbonyl (C=O) groups excluding carboxylic acids is 1. The Morgan fingerprint density at radius 1 is 1.32 bits per heavy atom. The molecule has 1 rings (SSSR count). The molecule has 2 N–H and O–H groups in total. The molecular weight excluding hydrogens is 242 g/mol. The monoisotopic (exact) mass is 267 g/mol. The van der Waals surface area contributed by atoms with Crippen LogP contribution in [0.4, 0.5) is 4.79 Å². The van der Waals surface area contributed by atoms with E-state index in [2.05, 4.69) is 15.3 Å². The lowest BCUT2D eigenvalue weighted by Crippen LogP contribution is -2.32. The molecule has 0 radical (unpaired) electrons. The zero-order valence-corrected chi connectivity index (χ0v) is 12.2. The number of carbonyl (C=O) groups is 1. The van der Waals surface area contributed by atoms with Crippen molar-refractivity contribution in [2.24, 2.45) is 0 Å². The fraction of sp³-hybridized carbons (Fsp3) is 0.714. The van der Waals surface area contributed by atoms with Crippen LogP contribution in [0.3, 0.4) is 0 Å². The van der Waals surface area contributed by atoms with Crippen molar-refractivity contribution in [3.8, 4) is 0 Å². The van der Waals surface area contributed by atoms with Crippen molar-refractivity contribution in [3.63, 3.8) is 0 Å². The molecule has 5 nitrogen and oxygen atoms in total. The fourth-order valence-corrected chi connectivity index (χ4v) is 1.71. The molecule has 0 aliphatic heterocycles. The van der Waals surface area contributed by atoms with E-state index in [0.717, 1.165) is 37.9 Å². The average molecular weight is 267 g/mol. The molecule has 0 aliphatic rings. The number of H-pyrrole nitrogens is 1. The number of nitrogens with one attached hydrogen (secondary N) is 2. The van der Waals surface area contributed by atoms with Crippen molar-refractivity contribution in [2.75, 3.05) is 6.54 Å². The molecule has 5 heteroatoms. The van der Waals surface area contributed by atoms with Crippen LogP contribution in [0.1, 0.15) is 52.3 Å². The number of hydrogen-bond donors (Lipinski definition) is 2. The van der Waals surface area contributed by atoms with Gasteiger partial charge in [0.1, 0.15) is 11.4 Å². The van der Waals surface area contributed by atoms with Crippen LogP contribution in [0.2, 0.25) is 0 Å². The van der Waals surface area contributed by atoms with E-state index in [9.17, 15) is 4.79 Å². The lowest BCUT2D eigenvalue weighted by molar-refractivity contribution is 0.0527. The van der Waals surface area contributed by atoms with Crippen molar-refractivity contribution < 1.29 is 9.53 Å². The highest BCUT2D eigenvalue weighted by Crippen LogP contribution is 2.07. The highest BCUT2D eigenvalue weighted by molar-refractivity contribution is 5.67. The minimum absolute atomic E-state index is 0.330. The van der Waals surface area contributed by atoms with Crippen LogP contribution in [0.25, 0.3) is 0 Å². The maximum atomic E-state index is 11.4. The summed E-state index contributed by atoms with van der Waals surface area (Å²) in [6, 6.07) is 0. The second-order valence-electron chi connectivity index (χ2n) is 5.63. The fourth-order valence-electron chi connectivity index (χ4n) is 1.71. The summed E-state index contributed by atoms with van der Waals surface area (Å²) in [5.74, 6) is 1.05. The second kappa shape index (κ2) is 7.81. The number of aryl methyl sites for hydroxylation is 1. The number of unbranched alkanes of at least 4 members (excludes halogenated alkanes) is 3. The summed E-state index contributed by atoms with van der Waals surface area (Å²) in [6.07, 6.45) is 8.65. The van der Waals surface area contributed by atoms with Gasteiger partial charge in [0, 0.05) is 25.4 Å². The van der Waals surface area contributed by atoms with Crippen LogP contribution in [0.5, 0.6) is 0 Å². The van der Waals surface area contributed by atoms with Gasteiger partial charge >= 0.3 is 6.09 Å². The molecule has 0 saturated heterocycles. The summed E-state index contributed by atoms with van der Waals surface area (Å²) in [5, 5.41) is 2.76. The molecule has 19 heavy (non-hydrogen) atoms. The van der Waals surface area contributed by atoms with Gasteiger partial charge in [-0.1, -0.05) is 12.8 Å². The van der Waals surface area contributed by atoms with E-state index < -0.39 is 5.60 Å². The van der Waals surface area contributed by atoms with Crippen molar-refractivity contribution in [3.05, 3.63) is 18.2 Å². The van der Waals surface area contributed by atoms with Crippen LogP contribution in [-0.4, -0.2) is 28.2 Å². The molecule has 1 heterocycles. The van der Waals surface area contributed by atoms with Crippen LogP contribution >= 0.6 is 0 Å². The number of alkyl carbamates (subject to hydrolysis) is 1.